The highest BCUT2D eigenvalue weighted by atomic mass is 16.5. The van der Waals surface area contributed by atoms with Crippen molar-refractivity contribution in [3.8, 4) is 22.6 Å². The lowest BCUT2D eigenvalue weighted by atomic mass is 9.94. The van der Waals surface area contributed by atoms with E-state index in [1.54, 1.807) is 6.07 Å². The predicted octanol–water partition coefficient (Wildman–Crippen LogP) is 3.17. The van der Waals surface area contributed by atoms with Crippen molar-refractivity contribution in [1.29, 1.82) is 0 Å². The molecule has 0 aliphatic rings. The van der Waals surface area contributed by atoms with Gasteiger partial charge in [0.1, 0.15) is 35.1 Å². The van der Waals surface area contributed by atoms with Crippen LogP contribution in [0.25, 0.3) is 11.1 Å². The maximum Gasteiger partial charge on any atom is 0.342 e. The first-order chi connectivity index (χ1) is 15.3. The quantitative estimate of drug-likeness (QED) is 0.418. The lowest BCUT2D eigenvalue weighted by molar-refractivity contribution is 0.0695. The minimum absolute atomic E-state index is 0.0615. The molecule has 0 saturated carbocycles. The number of hydrogen-bond acceptors (Lipinski definition) is 6. The average Bonchev–Trinajstić information content (AvgIpc) is 2.76. The number of ether oxygens (including phenoxy) is 2. The SMILES string of the molecule is CCc1ccc(OCc2cc(-c3c(C(=O)O)c(N)[nH]c(=O)c3C(=O)O)ccc2OC)cc1. The summed E-state index contributed by atoms with van der Waals surface area (Å²) in [5, 5.41) is 19.2. The number of hydrogen-bond donors (Lipinski definition) is 4. The number of aromatic nitrogens is 1. The molecule has 5 N–H and O–H groups in total. The Bertz CT molecular complexity index is 1230. The Kier molecular flexibility index (Phi) is 6.48. The Balaban J connectivity index is 2.11. The third-order valence-corrected chi connectivity index (χ3v) is 4.97. The summed E-state index contributed by atoms with van der Waals surface area (Å²) >= 11 is 0. The number of nitrogen functional groups attached to an aromatic ring is 1. The van der Waals surface area contributed by atoms with Crippen molar-refractivity contribution in [2.75, 3.05) is 12.8 Å². The van der Waals surface area contributed by atoms with Gasteiger partial charge >= 0.3 is 11.9 Å². The number of H-pyrrole nitrogens is 1. The summed E-state index contributed by atoms with van der Waals surface area (Å²) in [4.78, 5) is 37.9. The Morgan fingerprint density at radius 1 is 1.03 bits per heavy atom. The Labute approximate surface area is 183 Å². The van der Waals surface area contributed by atoms with Gasteiger partial charge in [0.05, 0.1) is 7.11 Å². The number of benzene rings is 2. The lowest BCUT2D eigenvalue weighted by Crippen LogP contribution is -2.24. The van der Waals surface area contributed by atoms with E-state index < -0.39 is 34.4 Å². The molecule has 166 valence electrons. The van der Waals surface area contributed by atoms with Crippen LogP contribution in [0.4, 0.5) is 5.82 Å². The summed E-state index contributed by atoms with van der Waals surface area (Å²) in [6.07, 6.45) is 0.896. The van der Waals surface area contributed by atoms with E-state index in [1.165, 1.54) is 19.2 Å². The Hall–Kier alpha value is -4.27. The molecule has 0 bridgehead atoms. The first-order valence-corrected chi connectivity index (χ1v) is 9.68. The third-order valence-electron chi connectivity index (χ3n) is 4.97. The van der Waals surface area contributed by atoms with Gasteiger partial charge in [0.2, 0.25) is 0 Å². The van der Waals surface area contributed by atoms with Gasteiger partial charge in [0, 0.05) is 11.1 Å². The van der Waals surface area contributed by atoms with Crippen LogP contribution < -0.4 is 20.8 Å². The first-order valence-electron chi connectivity index (χ1n) is 9.68. The molecule has 3 rings (SSSR count). The number of pyridine rings is 1. The van der Waals surface area contributed by atoms with Crippen LogP contribution in [0.2, 0.25) is 0 Å². The Morgan fingerprint density at radius 3 is 2.25 bits per heavy atom. The molecule has 9 heteroatoms. The first kappa shape index (κ1) is 22.4. The van der Waals surface area contributed by atoms with Crippen LogP contribution in [0.15, 0.2) is 47.3 Å². The number of rotatable bonds is 8. The van der Waals surface area contributed by atoms with Crippen LogP contribution in [-0.4, -0.2) is 34.2 Å². The maximum atomic E-state index is 12.3. The molecule has 0 amide bonds. The number of carboxylic acid groups (broad SMARTS) is 2. The van der Waals surface area contributed by atoms with Gasteiger partial charge < -0.3 is 30.4 Å². The number of carboxylic acids is 2. The van der Waals surface area contributed by atoms with Gasteiger partial charge in [-0.2, -0.15) is 0 Å². The number of anilines is 1. The topological polar surface area (TPSA) is 152 Å². The van der Waals surface area contributed by atoms with E-state index in [4.69, 9.17) is 15.2 Å². The molecule has 0 aliphatic carbocycles. The number of aromatic carboxylic acids is 2. The molecule has 32 heavy (non-hydrogen) atoms. The summed E-state index contributed by atoms with van der Waals surface area (Å²) in [6.45, 7) is 2.11. The number of nitrogens with two attached hydrogens (primary N) is 1. The molecule has 0 spiro atoms. The second-order valence-electron chi connectivity index (χ2n) is 6.92. The maximum absolute atomic E-state index is 12.3. The molecule has 9 nitrogen and oxygen atoms in total. The zero-order valence-electron chi connectivity index (χ0n) is 17.5. The van der Waals surface area contributed by atoms with E-state index in [-0.39, 0.29) is 17.7 Å². The summed E-state index contributed by atoms with van der Waals surface area (Å²) in [7, 11) is 1.46. The number of carbonyl (C=O) groups is 2. The van der Waals surface area contributed by atoms with Gasteiger partial charge in [-0.15, -0.1) is 0 Å². The van der Waals surface area contributed by atoms with Crippen molar-refractivity contribution in [2.24, 2.45) is 0 Å². The molecule has 1 heterocycles. The van der Waals surface area contributed by atoms with Gasteiger partial charge in [-0.1, -0.05) is 25.1 Å². The highest BCUT2D eigenvalue weighted by Crippen LogP contribution is 2.33. The van der Waals surface area contributed by atoms with Crippen LogP contribution in [-0.2, 0) is 13.0 Å². The summed E-state index contributed by atoms with van der Waals surface area (Å²) in [5.74, 6) is -2.42. The second-order valence-corrected chi connectivity index (χ2v) is 6.92. The lowest BCUT2D eigenvalue weighted by Gasteiger charge is -2.15. The molecule has 0 unspecified atom stereocenters. The predicted molar refractivity (Wildman–Crippen MR) is 118 cm³/mol. The zero-order chi connectivity index (χ0) is 23.4. The fourth-order valence-corrected chi connectivity index (χ4v) is 3.36. The smallest absolute Gasteiger partial charge is 0.342 e. The van der Waals surface area contributed by atoms with Crippen molar-refractivity contribution in [3.63, 3.8) is 0 Å². The van der Waals surface area contributed by atoms with Crippen molar-refractivity contribution >= 4 is 17.8 Å². The van der Waals surface area contributed by atoms with E-state index in [9.17, 15) is 24.6 Å². The summed E-state index contributed by atoms with van der Waals surface area (Å²) in [6, 6.07) is 12.1. The fraction of sp³-hybridized carbons (Fsp3) is 0.174. The number of nitrogens with one attached hydrogen (secondary N) is 1. The van der Waals surface area contributed by atoms with Crippen LogP contribution in [0, 0.1) is 0 Å². The highest BCUT2D eigenvalue weighted by molar-refractivity contribution is 6.07. The van der Waals surface area contributed by atoms with Gasteiger partial charge in [0.25, 0.3) is 5.56 Å². The molecule has 0 radical (unpaired) electrons. The van der Waals surface area contributed by atoms with Crippen molar-refractivity contribution in [1.82, 2.24) is 4.98 Å². The summed E-state index contributed by atoms with van der Waals surface area (Å²) in [5.41, 5.74) is 5.05. The largest absolute Gasteiger partial charge is 0.496 e. The average molecular weight is 438 g/mol. The molecule has 2 aromatic carbocycles. The molecule has 3 aromatic rings. The van der Waals surface area contributed by atoms with Crippen molar-refractivity contribution in [2.45, 2.75) is 20.0 Å². The second kappa shape index (κ2) is 9.25. The Morgan fingerprint density at radius 2 is 1.69 bits per heavy atom. The van der Waals surface area contributed by atoms with E-state index in [2.05, 4.69) is 4.98 Å². The molecule has 0 saturated heterocycles. The van der Waals surface area contributed by atoms with Gasteiger partial charge in [-0.3, -0.25) is 4.79 Å². The van der Waals surface area contributed by atoms with Gasteiger partial charge in [-0.25, -0.2) is 9.59 Å². The normalized spacial score (nSPS) is 10.6. The van der Waals surface area contributed by atoms with E-state index in [0.717, 1.165) is 12.0 Å². The molecule has 1 aromatic heterocycles. The van der Waals surface area contributed by atoms with Gasteiger partial charge in [0.15, 0.2) is 0 Å². The molecule has 0 fully saturated rings. The van der Waals surface area contributed by atoms with Crippen LogP contribution >= 0.6 is 0 Å². The van der Waals surface area contributed by atoms with Crippen LogP contribution in [0.3, 0.4) is 0 Å². The standard InChI is InChI=1S/C23H22N2O7/c1-3-12-4-7-15(8-5-12)32-11-14-10-13(6-9-16(14)31-2)17-18(22(27)28)20(24)25-21(26)19(17)23(29)30/h4-10H,3,11H2,1-2H3,(H,27,28)(H,29,30)(H3,24,25,26). The molecular formula is C23H22N2O7. The number of aromatic amines is 1. The third kappa shape index (κ3) is 4.41. The van der Waals surface area contributed by atoms with Crippen molar-refractivity contribution in [3.05, 3.63) is 75.1 Å². The number of aryl methyl sites for hydroxylation is 1. The highest BCUT2D eigenvalue weighted by Gasteiger charge is 2.27. The van der Waals surface area contributed by atoms with Crippen molar-refractivity contribution < 1.29 is 29.3 Å². The van der Waals surface area contributed by atoms with Crippen LogP contribution in [0.5, 0.6) is 11.5 Å². The molecule has 0 aliphatic heterocycles. The van der Waals surface area contributed by atoms with E-state index >= 15 is 0 Å². The minimum Gasteiger partial charge on any atom is -0.496 e. The zero-order valence-corrected chi connectivity index (χ0v) is 17.5. The monoisotopic (exact) mass is 438 g/mol. The van der Waals surface area contributed by atoms with Crippen LogP contribution in [0.1, 0.15) is 38.8 Å². The van der Waals surface area contributed by atoms with E-state index in [0.29, 0.717) is 17.1 Å². The van der Waals surface area contributed by atoms with E-state index in [1.807, 2.05) is 31.2 Å². The molecular weight excluding hydrogens is 416 g/mol. The number of methoxy groups -OCH3 is 1. The summed E-state index contributed by atoms with van der Waals surface area (Å²) < 4.78 is 11.2. The minimum atomic E-state index is -1.58. The molecule has 0 atom stereocenters. The fourth-order valence-electron chi connectivity index (χ4n) is 3.36. The van der Waals surface area contributed by atoms with Gasteiger partial charge in [-0.05, 0) is 41.8 Å².